The molecule has 0 radical (unpaired) electrons. The second kappa shape index (κ2) is 9.89. The molecule has 3 aliphatic rings. The number of likely N-dealkylation sites (N-methyl/N-ethyl adjacent to an activating group) is 1. The highest BCUT2D eigenvalue weighted by Gasteiger charge is 2.39. The van der Waals surface area contributed by atoms with Gasteiger partial charge in [0.2, 0.25) is 5.82 Å². The molecule has 1 fully saturated rings. The lowest BCUT2D eigenvalue weighted by molar-refractivity contribution is 0.191. The summed E-state index contributed by atoms with van der Waals surface area (Å²) in [6, 6.07) is 17.1. The second-order valence-corrected chi connectivity index (χ2v) is 12.0. The van der Waals surface area contributed by atoms with Crippen molar-refractivity contribution in [1.29, 1.82) is 0 Å². The summed E-state index contributed by atoms with van der Waals surface area (Å²) in [5, 5.41) is 14.7. The van der Waals surface area contributed by atoms with Crippen LogP contribution in [0.15, 0.2) is 65.4 Å². The number of amidine groups is 1. The first-order valence-corrected chi connectivity index (χ1v) is 13.9. The topological polar surface area (TPSA) is 76.5 Å². The van der Waals surface area contributed by atoms with Gasteiger partial charge in [-0.05, 0) is 59.4 Å². The number of hydrogen-bond donors (Lipinski definition) is 1. The Bertz CT molecular complexity index is 1320. The molecule has 1 N–H and O–H groups in total. The number of benzene rings is 2. The lowest BCUT2D eigenvalue weighted by atomic mass is 9.90. The number of aromatic nitrogens is 4. The maximum atomic E-state index is 5.31. The van der Waals surface area contributed by atoms with E-state index in [-0.39, 0.29) is 11.6 Å². The number of hydrogen-bond acceptors (Lipinski definition) is 7. The first kappa shape index (κ1) is 24.6. The summed E-state index contributed by atoms with van der Waals surface area (Å²) < 4.78 is 0. The average molecular weight is 511 g/mol. The molecule has 1 saturated carbocycles. The Morgan fingerprint density at radius 3 is 2.42 bits per heavy atom. The predicted octanol–water partition coefficient (Wildman–Crippen LogP) is 5.36. The molecule has 0 saturated heterocycles. The summed E-state index contributed by atoms with van der Waals surface area (Å²) in [7, 11) is 0. The first-order chi connectivity index (χ1) is 18.4. The zero-order chi connectivity index (χ0) is 26.3. The van der Waals surface area contributed by atoms with Gasteiger partial charge in [-0.1, -0.05) is 69.3 Å². The molecule has 8 heteroatoms. The molecule has 0 bridgehead atoms. The van der Waals surface area contributed by atoms with Crippen LogP contribution in [0.2, 0.25) is 0 Å². The maximum Gasteiger partial charge on any atom is 0.205 e. The summed E-state index contributed by atoms with van der Waals surface area (Å²) in [4.78, 5) is 12.8. The molecular weight excluding hydrogens is 472 g/mol. The van der Waals surface area contributed by atoms with Crippen LogP contribution in [0.3, 0.4) is 0 Å². The van der Waals surface area contributed by atoms with Crippen molar-refractivity contribution in [3.8, 4) is 22.5 Å². The van der Waals surface area contributed by atoms with E-state index in [9.17, 15) is 0 Å². The second-order valence-electron chi connectivity index (χ2n) is 12.0. The summed E-state index contributed by atoms with van der Waals surface area (Å²) in [6.07, 6.45) is 6.28. The summed E-state index contributed by atoms with van der Waals surface area (Å²) in [5.74, 6) is 2.63. The van der Waals surface area contributed by atoms with E-state index in [1.165, 1.54) is 29.9 Å². The molecule has 1 atom stereocenters. The molecule has 8 nitrogen and oxygen atoms in total. The quantitative estimate of drug-likeness (QED) is 0.440. The Labute approximate surface area is 225 Å². The number of nitrogens with zero attached hydrogens (tertiary/aromatic N) is 7. The third-order valence-electron chi connectivity index (χ3n) is 7.62. The van der Waals surface area contributed by atoms with Crippen LogP contribution < -0.4 is 0 Å². The van der Waals surface area contributed by atoms with Gasteiger partial charge in [-0.2, -0.15) is 5.21 Å². The van der Waals surface area contributed by atoms with Crippen molar-refractivity contribution in [1.82, 2.24) is 35.3 Å². The Balaban J connectivity index is 1.28. The van der Waals surface area contributed by atoms with Crippen LogP contribution >= 0.6 is 0 Å². The molecule has 2 aliphatic heterocycles. The largest absolute Gasteiger partial charge is 0.358 e. The predicted molar refractivity (Wildman–Crippen MR) is 151 cm³/mol. The van der Waals surface area contributed by atoms with E-state index in [1.54, 1.807) is 0 Å². The highest BCUT2D eigenvalue weighted by atomic mass is 15.5. The summed E-state index contributed by atoms with van der Waals surface area (Å²) in [5.41, 5.74) is 5.96. The number of nitrogens with one attached hydrogen (secondary N) is 1. The van der Waals surface area contributed by atoms with Crippen molar-refractivity contribution in [2.75, 3.05) is 19.8 Å². The minimum atomic E-state index is 0.143. The van der Waals surface area contributed by atoms with Gasteiger partial charge in [0.05, 0.1) is 12.4 Å². The van der Waals surface area contributed by atoms with E-state index >= 15 is 0 Å². The molecule has 3 heterocycles. The highest BCUT2D eigenvalue weighted by Crippen LogP contribution is 2.37. The third kappa shape index (κ3) is 5.17. The normalized spacial score (nSPS) is 19.5. The van der Waals surface area contributed by atoms with E-state index in [1.807, 2.05) is 12.1 Å². The number of aliphatic imine (C=N–C) groups is 1. The van der Waals surface area contributed by atoms with Gasteiger partial charge in [-0.15, -0.1) is 10.2 Å². The van der Waals surface area contributed by atoms with Gasteiger partial charge in [-0.3, -0.25) is 0 Å². The minimum Gasteiger partial charge on any atom is -0.358 e. The number of rotatable bonds is 8. The van der Waals surface area contributed by atoms with Crippen molar-refractivity contribution >= 4 is 5.84 Å². The molecular formula is C30H38N8. The monoisotopic (exact) mass is 510 g/mol. The van der Waals surface area contributed by atoms with E-state index in [0.717, 1.165) is 55.3 Å². The van der Waals surface area contributed by atoms with Crippen molar-refractivity contribution in [3.63, 3.8) is 0 Å². The van der Waals surface area contributed by atoms with Gasteiger partial charge >= 0.3 is 0 Å². The fourth-order valence-electron chi connectivity index (χ4n) is 5.52. The molecule has 6 rings (SSSR count). The smallest absolute Gasteiger partial charge is 0.205 e. The van der Waals surface area contributed by atoms with Crippen LogP contribution in [-0.4, -0.2) is 67.1 Å². The van der Waals surface area contributed by atoms with E-state index in [2.05, 4.69) is 106 Å². The van der Waals surface area contributed by atoms with Crippen LogP contribution in [0.25, 0.3) is 22.5 Å². The van der Waals surface area contributed by atoms with Gasteiger partial charge < -0.3 is 14.7 Å². The van der Waals surface area contributed by atoms with E-state index < -0.39 is 0 Å². The number of tetrazole rings is 1. The molecule has 1 aliphatic carbocycles. The Kier molecular flexibility index (Phi) is 6.41. The SMILES string of the molecule is CCN1CN(CC2CC2)C=C2C1=NC(CC(C)(C)C)N2Cc1ccc(-c2ccccc2-c2nn[nH]n2)cc1. The molecule has 0 spiro atoms. The average Bonchev–Trinajstić information content (AvgIpc) is 3.42. The van der Waals surface area contributed by atoms with Gasteiger partial charge in [0.25, 0.3) is 0 Å². The van der Waals surface area contributed by atoms with Gasteiger partial charge in [0, 0.05) is 31.4 Å². The molecule has 3 aromatic rings. The first-order valence-electron chi connectivity index (χ1n) is 13.9. The lowest BCUT2D eigenvalue weighted by Crippen LogP contribution is -2.46. The fraction of sp³-hybridized carbons (Fsp3) is 0.467. The fourth-order valence-corrected chi connectivity index (χ4v) is 5.52. The van der Waals surface area contributed by atoms with Crippen LogP contribution in [0.4, 0.5) is 0 Å². The Morgan fingerprint density at radius 1 is 1.00 bits per heavy atom. The van der Waals surface area contributed by atoms with E-state index in [0.29, 0.717) is 5.82 Å². The third-order valence-corrected chi connectivity index (χ3v) is 7.62. The van der Waals surface area contributed by atoms with Crippen molar-refractivity contribution in [2.45, 2.75) is 59.7 Å². The van der Waals surface area contributed by atoms with Crippen LogP contribution in [0, 0.1) is 11.3 Å². The Hall–Kier alpha value is -3.68. The number of aromatic amines is 1. The zero-order valence-electron chi connectivity index (χ0n) is 22.9. The van der Waals surface area contributed by atoms with Crippen LogP contribution in [0.5, 0.6) is 0 Å². The van der Waals surface area contributed by atoms with Crippen molar-refractivity contribution < 1.29 is 0 Å². The van der Waals surface area contributed by atoms with Gasteiger partial charge in [-0.25, -0.2) is 4.99 Å². The molecule has 2 aromatic carbocycles. The van der Waals surface area contributed by atoms with E-state index in [4.69, 9.17) is 4.99 Å². The highest BCUT2D eigenvalue weighted by molar-refractivity contribution is 6.00. The summed E-state index contributed by atoms with van der Waals surface area (Å²) >= 11 is 0. The molecule has 198 valence electrons. The van der Waals surface area contributed by atoms with Crippen molar-refractivity contribution in [3.05, 3.63) is 66.0 Å². The molecule has 38 heavy (non-hydrogen) atoms. The lowest BCUT2D eigenvalue weighted by Gasteiger charge is -2.38. The molecule has 0 amide bonds. The number of fused-ring (bicyclic) bond motifs is 1. The standard InChI is InChI=1S/C30H38N8/c1-5-37-20-36(17-21-10-11-21)19-26-29(37)31-27(16-30(2,3)4)38(26)18-22-12-14-23(15-13-22)24-8-6-7-9-25(24)28-32-34-35-33-28/h6-9,12-15,19,21,27H,5,10-11,16-18,20H2,1-4H3,(H,32,33,34,35). The zero-order valence-corrected chi connectivity index (χ0v) is 22.9. The maximum absolute atomic E-state index is 5.31. The van der Waals surface area contributed by atoms with Crippen LogP contribution in [0.1, 0.15) is 52.5 Å². The number of H-pyrrole nitrogens is 1. The van der Waals surface area contributed by atoms with Crippen molar-refractivity contribution in [2.24, 2.45) is 16.3 Å². The van der Waals surface area contributed by atoms with Gasteiger partial charge in [0.1, 0.15) is 6.17 Å². The Morgan fingerprint density at radius 2 is 1.76 bits per heavy atom. The van der Waals surface area contributed by atoms with Gasteiger partial charge in [0.15, 0.2) is 5.84 Å². The minimum absolute atomic E-state index is 0.143. The summed E-state index contributed by atoms with van der Waals surface area (Å²) in [6.45, 7) is 13.1. The van der Waals surface area contributed by atoms with Crippen LogP contribution in [-0.2, 0) is 6.54 Å². The molecule has 1 unspecified atom stereocenters. The molecule has 1 aromatic heterocycles.